The molecular formula is C14H19NO4S2. The molecule has 1 aromatic rings. The Labute approximate surface area is 125 Å². The van der Waals surface area contributed by atoms with Crippen LogP contribution in [0, 0.1) is 6.92 Å². The fraction of sp³-hybridized carbons (Fsp3) is 0.571. The van der Waals surface area contributed by atoms with E-state index < -0.39 is 31.0 Å². The van der Waals surface area contributed by atoms with Crippen molar-refractivity contribution in [3.05, 3.63) is 29.8 Å². The van der Waals surface area contributed by atoms with Crippen molar-refractivity contribution in [2.75, 3.05) is 11.5 Å². The van der Waals surface area contributed by atoms with Crippen LogP contribution >= 0.6 is 0 Å². The van der Waals surface area contributed by atoms with Crippen molar-refractivity contribution in [3.63, 3.8) is 0 Å². The topological polar surface area (TPSA) is 80.3 Å². The van der Waals surface area contributed by atoms with Gasteiger partial charge in [0.05, 0.1) is 21.7 Å². The quantitative estimate of drug-likeness (QED) is 0.879. The molecule has 0 bridgehead atoms. The standard InChI is InChI=1S/C14H19NO4S2/c1-10-2-6-12(7-3-10)21(18,19)14-9-20(16,17)8-13(14)15-11-4-5-11/h2-3,6-7,11,13-15H,4-5,8-9H2,1H3/t13-,14-/m1/s1. The highest BCUT2D eigenvalue weighted by Gasteiger charge is 2.47. The Balaban J connectivity index is 1.93. The van der Waals surface area contributed by atoms with Gasteiger partial charge < -0.3 is 5.32 Å². The third-order valence-electron chi connectivity index (χ3n) is 4.08. The highest BCUT2D eigenvalue weighted by atomic mass is 32.2. The van der Waals surface area contributed by atoms with E-state index in [1.54, 1.807) is 24.3 Å². The minimum atomic E-state index is -3.64. The summed E-state index contributed by atoms with van der Waals surface area (Å²) in [7, 11) is -6.94. The molecule has 21 heavy (non-hydrogen) atoms. The molecule has 3 rings (SSSR count). The summed E-state index contributed by atoms with van der Waals surface area (Å²) in [4.78, 5) is 0.206. The lowest BCUT2D eigenvalue weighted by molar-refractivity contribution is 0.524. The number of rotatable bonds is 4. The summed E-state index contributed by atoms with van der Waals surface area (Å²) in [6, 6.07) is 6.38. The van der Waals surface area contributed by atoms with Gasteiger partial charge in [0, 0.05) is 12.1 Å². The van der Waals surface area contributed by atoms with Crippen LogP contribution in [0.25, 0.3) is 0 Å². The monoisotopic (exact) mass is 329 g/mol. The molecule has 2 fully saturated rings. The van der Waals surface area contributed by atoms with E-state index in [1.807, 2.05) is 6.92 Å². The number of aryl methyl sites for hydroxylation is 1. The van der Waals surface area contributed by atoms with Crippen molar-refractivity contribution < 1.29 is 16.8 Å². The first-order chi connectivity index (χ1) is 9.78. The van der Waals surface area contributed by atoms with Gasteiger partial charge in [0.2, 0.25) is 0 Å². The Kier molecular flexibility index (Phi) is 3.62. The second kappa shape index (κ2) is 5.07. The van der Waals surface area contributed by atoms with Crippen LogP contribution in [0.2, 0.25) is 0 Å². The maximum Gasteiger partial charge on any atom is 0.183 e. The SMILES string of the molecule is Cc1ccc(S(=O)(=O)[C@@H]2CS(=O)(=O)C[C@H]2NC2CC2)cc1. The van der Waals surface area contributed by atoms with Crippen molar-refractivity contribution in [2.45, 2.75) is 42.0 Å². The van der Waals surface area contributed by atoms with Gasteiger partial charge in [-0.2, -0.15) is 0 Å². The summed E-state index contributed by atoms with van der Waals surface area (Å²) < 4.78 is 49.2. The molecule has 2 atom stereocenters. The van der Waals surface area contributed by atoms with Gasteiger partial charge in [0.25, 0.3) is 0 Å². The van der Waals surface area contributed by atoms with E-state index in [4.69, 9.17) is 0 Å². The zero-order valence-corrected chi connectivity index (χ0v) is 13.5. The number of hydrogen-bond donors (Lipinski definition) is 1. The predicted molar refractivity (Wildman–Crippen MR) is 80.8 cm³/mol. The van der Waals surface area contributed by atoms with Crippen LogP contribution < -0.4 is 5.32 Å². The minimum Gasteiger partial charge on any atom is -0.309 e. The molecule has 0 spiro atoms. The van der Waals surface area contributed by atoms with Gasteiger partial charge in [-0.25, -0.2) is 16.8 Å². The zero-order chi connectivity index (χ0) is 15.3. The minimum absolute atomic E-state index is 0.0841. The number of sulfone groups is 2. The third kappa shape index (κ3) is 3.14. The Hall–Kier alpha value is -0.920. The van der Waals surface area contributed by atoms with E-state index in [0.717, 1.165) is 18.4 Å². The summed E-state index contributed by atoms with van der Waals surface area (Å²) >= 11 is 0. The fourth-order valence-electron chi connectivity index (χ4n) is 2.73. The van der Waals surface area contributed by atoms with Gasteiger partial charge in [-0.15, -0.1) is 0 Å². The molecule has 0 unspecified atom stereocenters. The highest BCUT2D eigenvalue weighted by molar-refractivity contribution is 7.96. The Morgan fingerprint density at radius 3 is 2.29 bits per heavy atom. The van der Waals surface area contributed by atoms with Crippen LogP contribution in [0.15, 0.2) is 29.2 Å². The van der Waals surface area contributed by atoms with Crippen LogP contribution in [-0.4, -0.2) is 45.7 Å². The average Bonchev–Trinajstić information content (AvgIpc) is 3.13. The molecule has 1 aliphatic heterocycles. The first kappa shape index (κ1) is 15.0. The van der Waals surface area contributed by atoms with Gasteiger partial charge in [0.15, 0.2) is 19.7 Å². The molecule has 116 valence electrons. The van der Waals surface area contributed by atoms with Crippen LogP contribution in [0.1, 0.15) is 18.4 Å². The van der Waals surface area contributed by atoms with Crippen molar-refractivity contribution in [2.24, 2.45) is 0 Å². The van der Waals surface area contributed by atoms with E-state index in [-0.39, 0.29) is 22.4 Å². The maximum atomic E-state index is 12.7. The number of hydrogen-bond acceptors (Lipinski definition) is 5. The molecule has 1 aromatic carbocycles. The second-order valence-electron chi connectivity index (χ2n) is 6.02. The lowest BCUT2D eigenvalue weighted by Crippen LogP contribution is -2.44. The lowest BCUT2D eigenvalue weighted by atomic mass is 10.2. The van der Waals surface area contributed by atoms with Gasteiger partial charge in [-0.3, -0.25) is 0 Å². The van der Waals surface area contributed by atoms with Crippen LogP contribution in [0.4, 0.5) is 0 Å². The largest absolute Gasteiger partial charge is 0.309 e. The molecule has 1 N–H and O–H groups in total. The van der Waals surface area contributed by atoms with Crippen LogP contribution in [0.3, 0.4) is 0 Å². The molecule has 0 amide bonds. The van der Waals surface area contributed by atoms with E-state index >= 15 is 0 Å². The van der Waals surface area contributed by atoms with E-state index in [1.165, 1.54) is 0 Å². The van der Waals surface area contributed by atoms with E-state index in [9.17, 15) is 16.8 Å². The summed E-state index contributed by atoms with van der Waals surface area (Å²) in [6.07, 6.45) is 1.99. The highest BCUT2D eigenvalue weighted by Crippen LogP contribution is 2.29. The first-order valence-electron chi connectivity index (χ1n) is 7.05. The molecule has 2 aliphatic rings. The second-order valence-corrected chi connectivity index (χ2v) is 10.3. The molecule has 1 saturated carbocycles. The summed E-state index contributed by atoms with van der Waals surface area (Å²) in [5.41, 5.74) is 0.973. The fourth-order valence-corrected chi connectivity index (χ4v) is 7.41. The van der Waals surface area contributed by atoms with Crippen molar-refractivity contribution in [3.8, 4) is 0 Å². The molecule has 1 heterocycles. The van der Waals surface area contributed by atoms with E-state index in [2.05, 4.69) is 5.32 Å². The molecule has 5 nitrogen and oxygen atoms in total. The van der Waals surface area contributed by atoms with Crippen LogP contribution in [-0.2, 0) is 19.7 Å². The average molecular weight is 329 g/mol. The molecule has 1 saturated heterocycles. The van der Waals surface area contributed by atoms with Gasteiger partial charge in [-0.05, 0) is 31.9 Å². The Morgan fingerprint density at radius 2 is 1.71 bits per heavy atom. The maximum absolute atomic E-state index is 12.7. The van der Waals surface area contributed by atoms with Crippen molar-refractivity contribution in [1.82, 2.24) is 5.32 Å². The van der Waals surface area contributed by atoms with Crippen molar-refractivity contribution in [1.29, 1.82) is 0 Å². The Bertz CT molecular complexity index is 734. The molecular weight excluding hydrogens is 310 g/mol. The summed E-state index contributed by atoms with van der Waals surface area (Å²) in [6.45, 7) is 1.88. The lowest BCUT2D eigenvalue weighted by Gasteiger charge is -2.19. The molecule has 0 radical (unpaired) electrons. The predicted octanol–water partition coefficient (Wildman–Crippen LogP) is 0.686. The zero-order valence-electron chi connectivity index (χ0n) is 11.8. The number of nitrogens with one attached hydrogen (secondary N) is 1. The number of benzene rings is 1. The Morgan fingerprint density at radius 1 is 1.10 bits per heavy atom. The van der Waals surface area contributed by atoms with Gasteiger partial charge in [0.1, 0.15) is 0 Å². The molecule has 0 aromatic heterocycles. The first-order valence-corrected chi connectivity index (χ1v) is 10.4. The van der Waals surface area contributed by atoms with Gasteiger partial charge in [-0.1, -0.05) is 17.7 Å². The smallest absolute Gasteiger partial charge is 0.183 e. The third-order valence-corrected chi connectivity index (χ3v) is 8.24. The van der Waals surface area contributed by atoms with Crippen LogP contribution in [0.5, 0.6) is 0 Å². The van der Waals surface area contributed by atoms with Gasteiger partial charge >= 0.3 is 0 Å². The van der Waals surface area contributed by atoms with Crippen molar-refractivity contribution >= 4 is 19.7 Å². The molecule has 7 heteroatoms. The normalized spacial score (nSPS) is 28.6. The summed E-state index contributed by atoms with van der Waals surface area (Å²) in [5.74, 6) is -0.368. The summed E-state index contributed by atoms with van der Waals surface area (Å²) in [5, 5.41) is 2.30. The van der Waals surface area contributed by atoms with E-state index in [0.29, 0.717) is 0 Å². The molecule has 1 aliphatic carbocycles.